The molecule has 2 atom stereocenters. The molecule has 2 amide bonds. The highest BCUT2D eigenvalue weighted by Crippen LogP contribution is 2.33. The molecule has 2 fully saturated rings. The fourth-order valence-electron chi connectivity index (χ4n) is 5.23. The molecule has 39 heavy (non-hydrogen) atoms. The molecule has 1 saturated heterocycles. The first-order chi connectivity index (χ1) is 18.8. The number of carbonyl (C=O) groups excluding carboxylic acids is 2. The predicted octanol–water partition coefficient (Wildman–Crippen LogP) is 4.11. The first-order valence-corrected chi connectivity index (χ1v) is 16.6. The number of hydrogen-bond acceptors (Lipinski definition) is 7. The number of hydrogen-bond donors (Lipinski definition) is 1. The van der Waals surface area contributed by atoms with Crippen molar-refractivity contribution in [1.29, 1.82) is 5.26 Å². The number of rotatable bonds is 9. The molecule has 1 aliphatic carbocycles. The summed E-state index contributed by atoms with van der Waals surface area (Å²) < 4.78 is 27.3. The van der Waals surface area contributed by atoms with Crippen molar-refractivity contribution in [3.8, 4) is 6.07 Å². The monoisotopic (exact) mass is 632 g/mol. The normalized spacial score (nSPS) is 19.8. The molecule has 11 heteroatoms. The van der Waals surface area contributed by atoms with E-state index in [1.54, 1.807) is 24.3 Å². The second-order valence-electron chi connectivity index (χ2n) is 9.91. The number of nitrogens with zero attached hydrogens (tertiary/aromatic N) is 3. The molecular formula is C28H33BrN4O4S2. The first kappa shape index (κ1) is 29.4. The largest absolute Gasteiger partial charge is 0.368 e. The summed E-state index contributed by atoms with van der Waals surface area (Å²) in [5, 5.41) is 11.3. The molecule has 0 spiro atoms. The van der Waals surface area contributed by atoms with E-state index >= 15 is 0 Å². The Balaban J connectivity index is 1.27. The Morgan fingerprint density at radius 1 is 1.00 bits per heavy atom. The minimum atomic E-state index is -3.58. The van der Waals surface area contributed by atoms with Crippen LogP contribution >= 0.6 is 27.7 Å². The fraction of sp³-hybridized carbons (Fsp3) is 0.464. The van der Waals surface area contributed by atoms with Crippen LogP contribution in [0.3, 0.4) is 0 Å². The second kappa shape index (κ2) is 13.7. The van der Waals surface area contributed by atoms with Crippen LogP contribution in [0.4, 0.5) is 5.69 Å². The molecule has 1 heterocycles. The van der Waals surface area contributed by atoms with Gasteiger partial charge in [0.25, 0.3) is 0 Å². The lowest BCUT2D eigenvalue weighted by Crippen LogP contribution is -2.49. The van der Waals surface area contributed by atoms with Crippen molar-refractivity contribution in [2.45, 2.75) is 35.5 Å². The number of benzene rings is 2. The molecule has 1 N–H and O–H groups in total. The molecular weight excluding hydrogens is 600 g/mol. The second-order valence-corrected chi connectivity index (χ2v) is 13.9. The number of halogens is 1. The van der Waals surface area contributed by atoms with Gasteiger partial charge in [-0.1, -0.05) is 28.8 Å². The zero-order chi connectivity index (χ0) is 27.8. The quantitative estimate of drug-likeness (QED) is 0.327. The molecule has 2 aromatic rings. The smallest absolute Gasteiger partial charge is 0.233 e. The molecule has 0 unspecified atom stereocenters. The number of nitriles is 1. The Kier molecular flexibility index (Phi) is 10.3. The number of thioether (sulfide) groups is 1. The number of sulfone groups is 1. The molecule has 4 rings (SSSR count). The van der Waals surface area contributed by atoms with Gasteiger partial charge in [0.2, 0.25) is 11.8 Å². The molecule has 8 nitrogen and oxygen atoms in total. The Morgan fingerprint density at radius 2 is 1.67 bits per heavy atom. The minimum absolute atomic E-state index is 0.0708. The van der Waals surface area contributed by atoms with Crippen molar-refractivity contribution >= 4 is 55.0 Å². The highest BCUT2D eigenvalue weighted by molar-refractivity contribution is 9.10. The summed E-state index contributed by atoms with van der Waals surface area (Å²) in [6.45, 7) is 2.84. The topological polar surface area (TPSA) is 111 Å². The average molecular weight is 634 g/mol. The molecule has 208 valence electrons. The third-order valence-corrected chi connectivity index (χ3v) is 10.8. The summed E-state index contributed by atoms with van der Waals surface area (Å²) in [5.41, 5.74) is 1.15. The lowest BCUT2D eigenvalue weighted by atomic mass is 9.80. The number of carbonyl (C=O) groups is 2. The van der Waals surface area contributed by atoms with Gasteiger partial charge >= 0.3 is 0 Å². The van der Waals surface area contributed by atoms with Gasteiger partial charge in [0.05, 0.1) is 22.5 Å². The van der Waals surface area contributed by atoms with E-state index in [1.165, 1.54) is 11.8 Å². The zero-order valence-electron chi connectivity index (χ0n) is 21.7. The van der Waals surface area contributed by atoms with Crippen molar-refractivity contribution < 1.29 is 18.0 Å². The SMILES string of the molecule is N#CCNC(=O)[C@H]1CCCC[C@@H]1CS(=O)(=O)c1ccc(SCC(=O)N2CCN(c3ccc(Br)cc3)CC2)cc1. The molecule has 0 bridgehead atoms. The maximum Gasteiger partial charge on any atom is 0.233 e. The standard InChI is InChI=1S/C28H33BrN4O4S2/c29-22-5-7-23(8-6-22)32-15-17-33(18-16-32)27(34)19-38-24-9-11-25(12-10-24)39(36,37)20-21-3-1-2-4-26(21)28(35)31-14-13-30/h5-12,21,26H,1-4,14-20H2,(H,31,35)/t21-,26+/m1/s1. The summed E-state index contributed by atoms with van der Waals surface area (Å²) in [5.74, 6) is -0.605. The number of anilines is 1. The molecule has 2 aliphatic rings. The number of nitrogens with one attached hydrogen (secondary N) is 1. The van der Waals surface area contributed by atoms with Gasteiger partial charge in [-0.05, 0) is 67.3 Å². The van der Waals surface area contributed by atoms with Gasteiger partial charge in [-0.3, -0.25) is 9.59 Å². The van der Waals surface area contributed by atoms with Gasteiger partial charge in [0.1, 0.15) is 6.54 Å². The predicted molar refractivity (Wildman–Crippen MR) is 156 cm³/mol. The summed E-state index contributed by atoms with van der Waals surface area (Å²) in [7, 11) is -3.58. The van der Waals surface area contributed by atoms with Gasteiger partial charge in [-0.15, -0.1) is 11.8 Å². The van der Waals surface area contributed by atoms with E-state index in [9.17, 15) is 18.0 Å². The van der Waals surface area contributed by atoms with E-state index in [4.69, 9.17) is 5.26 Å². The molecule has 0 aromatic heterocycles. The molecule has 1 saturated carbocycles. The first-order valence-electron chi connectivity index (χ1n) is 13.2. The van der Waals surface area contributed by atoms with Crippen LogP contribution in [0.1, 0.15) is 25.7 Å². The third kappa shape index (κ3) is 7.99. The highest BCUT2D eigenvalue weighted by Gasteiger charge is 2.34. The maximum atomic E-state index is 13.2. The maximum absolute atomic E-state index is 13.2. The van der Waals surface area contributed by atoms with Gasteiger partial charge in [-0.25, -0.2) is 8.42 Å². The van der Waals surface area contributed by atoms with Gasteiger partial charge < -0.3 is 15.1 Å². The van der Waals surface area contributed by atoms with Crippen LogP contribution in [0.5, 0.6) is 0 Å². The van der Waals surface area contributed by atoms with E-state index in [0.717, 1.165) is 41.0 Å². The number of piperazine rings is 1. The van der Waals surface area contributed by atoms with Crippen molar-refractivity contribution in [1.82, 2.24) is 10.2 Å². The van der Waals surface area contributed by atoms with Crippen molar-refractivity contribution in [2.24, 2.45) is 11.8 Å². The van der Waals surface area contributed by atoms with Crippen LogP contribution in [0.15, 0.2) is 62.8 Å². The Hall–Kier alpha value is -2.55. The zero-order valence-corrected chi connectivity index (χ0v) is 24.9. The van der Waals surface area contributed by atoms with E-state index in [-0.39, 0.29) is 40.8 Å². The van der Waals surface area contributed by atoms with E-state index in [1.807, 2.05) is 23.1 Å². The lowest BCUT2D eigenvalue weighted by molar-refractivity contribution is -0.129. The summed E-state index contributed by atoms with van der Waals surface area (Å²) in [6.07, 6.45) is 3.09. The van der Waals surface area contributed by atoms with Crippen molar-refractivity contribution in [3.63, 3.8) is 0 Å². The Bertz CT molecular complexity index is 1290. The van der Waals surface area contributed by atoms with E-state index in [2.05, 4.69) is 38.3 Å². The van der Waals surface area contributed by atoms with Crippen LogP contribution in [-0.4, -0.2) is 69.4 Å². The van der Waals surface area contributed by atoms with Crippen molar-refractivity contribution in [2.75, 3.05) is 49.1 Å². The fourth-order valence-corrected chi connectivity index (χ4v) is 8.01. The van der Waals surface area contributed by atoms with Gasteiger partial charge in [0, 0.05) is 47.2 Å². The summed E-state index contributed by atoms with van der Waals surface area (Å²) in [4.78, 5) is 30.5. The lowest BCUT2D eigenvalue weighted by Gasteiger charge is -2.36. The van der Waals surface area contributed by atoms with E-state index in [0.29, 0.717) is 31.7 Å². The third-order valence-electron chi connectivity index (χ3n) is 7.39. The summed E-state index contributed by atoms with van der Waals surface area (Å²) >= 11 is 4.86. The Labute approximate surface area is 243 Å². The van der Waals surface area contributed by atoms with Crippen LogP contribution < -0.4 is 10.2 Å². The van der Waals surface area contributed by atoms with E-state index < -0.39 is 9.84 Å². The van der Waals surface area contributed by atoms with Gasteiger partial charge in [0.15, 0.2) is 9.84 Å². The van der Waals surface area contributed by atoms with Crippen LogP contribution in [0.2, 0.25) is 0 Å². The molecule has 2 aromatic carbocycles. The minimum Gasteiger partial charge on any atom is -0.368 e. The van der Waals surface area contributed by atoms with Crippen molar-refractivity contribution in [3.05, 3.63) is 53.0 Å². The number of amides is 2. The average Bonchev–Trinajstić information content (AvgIpc) is 2.95. The van der Waals surface area contributed by atoms with Gasteiger partial charge in [-0.2, -0.15) is 5.26 Å². The molecule has 1 aliphatic heterocycles. The highest BCUT2D eigenvalue weighted by atomic mass is 79.9. The molecule has 0 radical (unpaired) electrons. The van der Waals surface area contributed by atoms with Crippen LogP contribution in [0.25, 0.3) is 0 Å². The Morgan fingerprint density at radius 3 is 2.33 bits per heavy atom. The van der Waals surface area contributed by atoms with Crippen LogP contribution in [-0.2, 0) is 19.4 Å². The summed E-state index contributed by atoms with van der Waals surface area (Å²) in [6, 6.07) is 16.7. The van der Waals surface area contributed by atoms with Crippen LogP contribution in [0, 0.1) is 23.2 Å².